The molecule has 8 nitrogen and oxygen atoms in total. The molecule has 0 saturated carbocycles. The van der Waals surface area contributed by atoms with E-state index in [2.05, 4.69) is 5.32 Å². The molecule has 1 aliphatic rings. The fourth-order valence-corrected chi connectivity index (χ4v) is 1.72. The molecule has 1 saturated heterocycles. The number of carboxylic acid groups (broad SMARTS) is 1. The van der Waals surface area contributed by atoms with Crippen LogP contribution in [0.1, 0.15) is 13.3 Å². The van der Waals surface area contributed by atoms with Crippen molar-refractivity contribution >= 4 is 17.9 Å². The number of carboxylic acids is 1. The average Bonchev–Trinajstić information content (AvgIpc) is 2.62. The molecule has 0 aromatic carbocycles. The summed E-state index contributed by atoms with van der Waals surface area (Å²) in [7, 11) is 0. The van der Waals surface area contributed by atoms with E-state index >= 15 is 0 Å². The lowest BCUT2D eigenvalue weighted by molar-refractivity contribution is -0.137. The number of primary amides is 1. The number of carbonyl (C=O) groups excluding carboxylic acids is 2. The van der Waals surface area contributed by atoms with Gasteiger partial charge in [-0.25, -0.2) is 4.79 Å². The van der Waals surface area contributed by atoms with E-state index in [0.717, 1.165) is 4.90 Å². The number of hydrogen-bond donors (Lipinski definition) is 3. The Labute approximate surface area is 104 Å². The largest absolute Gasteiger partial charge is 0.480 e. The van der Waals surface area contributed by atoms with Gasteiger partial charge in [0.1, 0.15) is 13.1 Å². The summed E-state index contributed by atoms with van der Waals surface area (Å²) < 4.78 is 5.27. The standard InChI is InChI=1S/C10H17N3O5/c1-6-7(2-3-18-6)12-10(17)13(4-8(11)14)5-9(15)16/h6-7H,2-5H2,1H3,(H2,11,14)(H,12,17)(H,15,16). The van der Waals surface area contributed by atoms with E-state index in [0.29, 0.717) is 13.0 Å². The lowest BCUT2D eigenvalue weighted by atomic mass is 10.2. The molecule has 0 aromatic rings. The summed E-state index contributed by atoms with van der Waals surface area (Å²) in [6.07, 6.45) is 0.527. The molecule has 0 bridgehead atoms. The summed E-state index contributed by atoms with van der Waals surface area (Å²) >= 11 is 0. The molecule has 0 radical (unpaired) electrons. The highest BCUT2D eigenvalue weighted by Crippen LogP contribution is 2.12. The van der Waals surface area contributed by atoms with Crippen LogP contribution in [0.3, 0.4) is 0 Å². The van der Waals surface area contributed by atoms with Crippen molar-refractivity contribution < 1.29 is 24.2 Å². The molecular formula is C10H17N3O5. The van der Waals surface area contributed by atoms with Crippen molar-refractivity contribution in [3.8, 4) is 0 Å². The van der Waals surface area contributed by atoms with Gasteiger partial charge in [-0.2, -0.15) is 0 Å². The van der Waals surface area contributed by atoms with Crippen molar-refractivity contribution in [1.29, 1.82) is 0 Å². The summed E-state index contributed by atoms with van der Waals surface area (Å²) in [6, 6.07) is -0.805. The van der Waals surface area contributed by atoms with Crippen LogP contribution in [-0.2, 0) is 14.3 Å². The molecule has 2 unspecified atom stereocenters. The third kappa shape index (κ3) is 4.21. The Morgan fingerprint density at radius 2 is 2.11 bits per heavy atom. The number of nitrogens with two attached hydrogens (primary N) is 1. The topological polar surface area (TPSA) is 122 Å². The van der Waals surface area contributed by atoms with Crippen LogP contribution in [0.2, 0.25) is 0 Å². The smallest absolute Gasteiger partial charge is 0.323 e. The van der Waals surface area contributed by atoms with Gasteiger partial charge in [-0.15, -0.1) is 0 Å². The van der Waals surface area contributed by atoms with Gasteiger partial charge in [0, 0.05) is 6.61 Å². The monoisotopic (exact) mass is 259 g/mol. The first-order chi connectivity index (χ1) is 8.40. The maximum absolute atomic E-state index is 11.8. The Hall–Kier alpha value is -1.83. The number of rotatable bonds is 5. The first kappa shape index (κ1) is 14.2. The van der Waals surface area contributed by atoms with Gasteiger partial charge in [-0.1, -0.05) is 0 Å². The van der Waals surface area contributed by atoms with E-state index in [1.54, 1.807) is 0 Å². The van der Waals surface area contributed by atoms with E-state index < -0.39 is 31.0 Å². The maximum atomic E-state index is 11.8. The molecule has 102 valence electrons. The van der Waals surface area contributed by atoms with Gasteiger partial charge in [-0.05, 0) is 13.3 Å². The third-order valence-corrected chi connectivity index (χ3v) is 2.65. The molecule has 18 heavy (non-hydrogen) atoms. The highest BCUT2D eigenvalue weighted by atomic mass is 16.5. The number of ether oxygens (including phenoxy) is 1. The molecule has 3 amide bonds. The summed E-state index contributed by atoms with van der Waals surface area (Å²) in [4.78, 5) is 34.0. The minimum Gasteiger partial charge on any atom is -0.480 e. The highest BCUT2D eigenvalue weighted by Gasteiger charge is 2.28. The summed E-state index contributed by atoms with van der Waals surface area (Å²) in [5.41, 5.74) is 4.96. The fraction of sp³-hybridized carbons (Fsp3) is 0.700. The first-order valence-electron chi connectivity index (χ1n) is 5.57. The molecule has 0 aliphatic carbocycles. The number of hydrogen-bond acceptors (Lipinski definition) is 4. The SMILES string of the molecule is CC1OCCC1NC(=O)N(CC(N)=O)CC(=O)O. The molecule has 1 heterocycles. The average molecular weight is 259 g/mol. The number of urea groups is 1. The van der Waals surface area contributed by atoms with Crippen molar-refractivity contribution in [3.63, 3.8) is 0 Å². The van der Waals surface area contributed by atoms with Crippen molar-refractivity contribution in [2.24, 2.45) is 5.73 Å². The normalized spacial score (nSPS) is 22.5. The number of amides is 3. The van der Waals surface area contributed by atoms with Gasteiger partial charge in [-0.3, -0.25) is 9.59 Å². The molecule has 8 heteroatoms. The Morgan fingerprint density at radius 1 is 1.44 bits per heavy atom. The van der Waals surface area contributed by atoms with E-state index in [9.17, 15) is 14.4 Å². The number of nitrogens with zero attached hydrogens (tertiary/aromatic N) is 1. The first-order valence-corrected chi connectivity index (χ1v) is 5.57. The van der Waals surface area contributed by atoms with Gasteiger partial charge in [0.15, 0.2) is 0 Å². The molecule has 4 N–H and O–H groups in total. The zero-order valence-corrected chi connectivity index (χ0v) is 10.1. The highest BCUT2D eigenvalue weighted by molar-refractivity contribution is 5.86. The Balaban J connectivity index is 2.57. The van der Waals surface area contributed by atoms with E-state index in [1.165, 1.54) is 0 Å². The second kappa shape index (κ2) is 6.20. The van der Waals surface area contributed by atoms with Crippen LogP contribution in [0, 0.1) is 0 Å². The van der Waals surface area contributed by atoms with Crippen molar-refractivity contribution in [2.75, 3.05) is 19.7 Å². The Kier molecular flexibility index (Phi) is 4.90. The van der Waals surface area contributed by atoms with Crippen LogP contribution >= 0.6 is 0 Å². The molecule has 1 rings (SSSR count). The van der Waals surface area contributed by atoms with Crippen LogP contribution in [0.25, 0.3) is 0 Å². The number of aliphatic carboxylic acids is 1. The second-order valence-corrected chi connectivity index (χ2v) is 4.14. The summed E-state index contributed by atoms with van der Waals surface area (Å²) in [6.45, 7) is 1.35. The van der Waals surface area contributed by atoms with Crippen LogP contribution in [0.15, 0.2) is 0 Å². The lowest BCUT2D eigenvalue weighted by Gasteiger charge is -2.23. The zero-order valence-electron chi connectivity index (χ0n) is 10.1. The van der Waals surface area contributed by atoms with E-state index in [-0.39, 0.29) is 12.1 Å². The van der Waals surface area contributed by atoms with Gasteiger partial charge < -0.3 is 25.8 Å². The molecule has 1 aliphatic heterocycles. The quantitative estimate of drug-likeness (QED) is 0.569. The number of carbonyl (C=O) groups is 3. The minimum absolute atomic E-state index is 0.130. The predicted molar refractivity (Wildman–Crippen MR) is 60.8 cm³/mol. The van der Waals surface area contributed by atoms with Gasteiger partial charge in [0.05, 0.1) is 12.1 Å². The summed E-state index contributed by atoms with van der Waals surface area (Å²) in [5, 5.41) is 11.3. The van der Waals surface area contributed by atoms with Crippen LogP contribution in [0.4, 0.5) is 4.79 Å². The molecule has 0 aromatic heterocycles. The van der Waals surface area contributed by atoms with E-state index in [1.807, 2.05) is 6.92 Å². The minimum atomic E-state index is -1.21. The molecule has 2 atom stereocenters. The Bertz CT molecular complexity index is 330. The lowest BCUT2D eigenvalue weighted by Crippen LogP contribution is -2.50. The van der Waals surface area contributed by atoms with Crippen molar-refractivity contribution in [3.05, 3.63) is 0 Å². The number of nitrogens with one attached hydrogen (secondary N) is 1. The predicted octanol–water partition coefficient (Wildman–Crippen LogP) is -1.25. The maximum Gasteiger partial charge on any atom is 0.323 e. The van der Waals surface area contributed by atoms with Crippen molar-refractivity contribution in [1.82, 2.24) is 10.2 Å². The molecular weight excluding hydrogens is 242 g/mol. The van der Waals surface area contributed by atoms with Crippen LogP contribution < -0.4 is 11.1 Å². The van der Waals surface area contributed by atoms with Crippen LogP contribution in [0.5, 0.6) is 0 Å². The third-order valence-electron chi connectivity index (χ3n) is 2.65. The van der Waals surface area contributed by atoms with Crippen molar-refractivity contribution in [2.45, 2.75) is 25.5 Å². The fourth-order valence-electron chi connectivity index (χ4n) is 1.72. The van der Waals surface area contributed by atoms with Gasteiger partial charge in [0.25, 0.3) is 0 Å². The second-order valence-electron chi connectivity index (χ2n) is 4.14. The van der Waals surface area contributed by atoms with Gasteiger partial charge >= 0.3 is 12.0 Å². The Morgan fingerprint density at radius 3 is 2.56 bits per heavy atom. The summed E-state index contributed by atoms with van der Waals surface area (Å²) in [5.74, 6) is -1.97. The van der Waals surface area contributed by atoms with Crippen LogP contribution in [-0.4, -0.2) is 59.8 Å². The molecule has 1 fully saturated rings. The van der Waals surface area contributed by atoms with E-state index in [4.69, 9.17) is 15.6 Å². The molecule has 0 spiro atoms. The van der Waals surface area contributed by atoms with Gasteiger partial charge in [0.2, 0.25) is 5.91 Å². The zero-order chi connectivity index (χ0) is 13.7.